The van der Waals surface area contributed by atoms with Crippen LogP contribution in [-0.4, -0.2) is 44.7 Å². The van der Waals surface area contributed by atoms with E-state index in [2.05, 4.69) is 38.4 Å². The molecule has 7 nitrogen and oxygen atoms in total. The third-order valence-corrected chi connectivity index (χ3v) is 5.80. The van der Waals surface area contributed by atoms with Crippen molar-refractivity contribution in [3.05, 3.63) is 71.3 Å². The zero-order valence-corrected chi connectivity index (χ0v) is 18.8. The van der Waals surface area contributed by atoms with Crippen LogP contribution < -0.4 is 10.1 Å². The Hall–Kier alpha value is -3.03. The molecule has 0 spiro atoms. The molecule has 32 heavy (non-hydrogen) atoms. The summed E-state index contributed by atoms with van der Waals surface area (Å²) in [5, 5.41) is 12.9. The molecule has 1 fully saturated rings. The van der Waals surface area contributed by atoms with Crippen molar-refractivity contribution in [2.24, 2.45) is 0 Å². The van der Waals surface area contributed by atoms with Gasteiger partial charge >= 0.3 is 0 Å². The van der Waals surface area contributed by atoms with E-state index >= 15 is 0 Å². The van der Waals surface area contributed by atoms with Crippen molar-refractivity contribution in [1.29, 1.82) is 0 Å². The van der Waals surface area contributed by atoms with E-state index in [1.54, 1.807) is 18.5 Å². The molecule has 0 unspecified atom stereocenters. The number of pyridine rings is 1. The summed E-state index contributed by atoms with van der Waals surface area (Å²) in [5.41, 5.74) is 5.16. The maximum Gasteiger partial charge on any atom is 0.227 e. The van der Waals surface area contributed by atoms with Gasteiger partial charge in [-0.05, 0) is 75.7 Å². The number of aromatic nitrogens is 3. The van der Waals surface area contributed by atoms with Crippen LogP contribution in [0.5, 0.6) is 5.75 Å². The highest BCUT2D eigenvalue weighted by atomic mass is 16.5. The summed E-state index contributed by atoms with van der Waals surface area (Å²) >= 11 is 0. The van der Waals surface area contributed by atoms with Crippen LogP contribution in [0.4, 0.5) is 11.6 Å². The molecule has 168 valence electrons. The lowest BCUT2D eigenvalue weighted by molar-refractivity contribution is 0.203. The predicted octanol–water partition coefficient (Wildman–Crippen LogP) is 4.19. The highest BCUT2D eigenvalue weighted by molar-refractivity contribution is 5.54. The van der Waals surface area contributed by atoms with Gasteiger partial charge in [-0.1, -0.05) is 6.07 Å². The highest BCUT2D eigenvalue weighted by Crippen LogP contribution is 2.30. The zero-order valence-electron chi connectivity index (χ0n) is 18.8. The first-order valence-electron chi connectivity index (χ1n) is 11.2. The maximum atomic E-state index is 9.66. The van der Waals surface area contributed by atoms with Gasteiger partial charge in [0.25, 0.3) is 0 Å². The molecule has 1 aliphatic rings. The molecule has 0 saturated carbocycles. The average molecular weight is 434 g/mol. The van der Waals surface area contributed by atoms with Crippen molar-refractivity contribution in [3.8, 4) is 5.75 Å². The molecular weight excluding hydrogens is 402 g/mol. The number of likely N-dealkylation sites (tertiary alicyclic amines) is 1. The minimum Gasteiger partial charge on any atom is -0.494 e. The fourth-order valence-electron chi connectivity index (χ4n) is 4.26. The number of aryl methyl sites for hydroxylation is 1. The number of nitrogens with one attached hydrogen (secondary N) is 1. The zero-order chi connectivity index (χ0) is 22.3. The van der Waals surface area contributed by atoms with Crippen LogP contribution in [0.25, 0.3) is 0 Å². The largest absolute Gasteiger partial charge is 0.494 e. The average Bonchev–Trinajstić information content (AvgIpc) is 2.81. The molecule has 4 rings (SSSR count). The Morgan fingerprint density at radius 1 is 1.12 bits per heavy atom. The number of anilines is 2. The number of aliphatic hydroxyl groups excluding tert-OH is 1. The highest BCUT2D eigenvalue weighted by Gasteiger charge is 2.22. The van der Waals surface area contributed by atoms with Gasteiger partial charge in [0.1, 0.15) is 5.75 Å². The van der Waals surface area contributed by atoms with Crippen LogP contribution in [0.1, 0.15) is 48.2 Å². The molecule has 1 saturated heterocycles. The number of ether oxygens (including phenoxy) is 1. The Morgan fingerprint density at radius 2 is 1.91 bits per heavy atom. The normalized spacial score (nSPS) is 15.0. The second-order valence-electron chi connectivity index (χ2n) is 8.20. The number of piperidine rings is 1. The molecule has 3 heterocycles. The first-order valence-corrected chi connectivity index (χ1v) is 11.2. The molecule has 3 aromatic rings. The standard InChI is InChI=1S/C25H31N5O2/c1-3-32-24-6-5-19(14-21(24)17-31)16-30-11-7-20(8-12-30)23-15-22(13-18(2)28-23)29-25-26-9-4-10-27-25/h4-6,9-10,13-15,20,31H,3,7-8,11-12,16-17H2,1-2H3,(H,26,27,28,29). The summed E-state index contributed by atoms with van der Waals surface area (Å²) in [6.45, 7) is 7.50. The lowest BCUT2D eigenvalue weighted by Crippen LogP contribution is -2.32. The van der Waals surface area contributed by atoms with E-state index in [1.165, 1.54) is 5.56 Å². The van der Waals surface area contributed by atoms with Gasteiger partial charge in [0.2, 0.25) is 5.95 Å². The second kappa shape index (κ2) is 10.5. The SMILES string of the molecule is CCOc1ccc(CN2CCC(c3cc(Nc4ncccn4)cc(C)n3)CC2)cc1CO. The molecule has 1 aromatic carbocycles. The number of hydrogen-bond acceptors (Lipinski definition) is 7. The number of aliphatic hydroxyl groups is 1. The van der Waals surface area contributed by atoms with Gasteiger partial charge in [0.05, 0.1) is 13.2 Å². The number of hydrogen-bond donors (Lipinski definition) is 2. The Bertz CT molecular complexity index is 1020. The second-order valence-corrected chi connectivity index (χ2v) is 8.20. The summed E-state index contributed by atoms with van der Waals surface area (Å²) in [6, 6.07) is 12.1. The van der Waals surface area contributed by atoms with E-state index in [0.29, 0.717) is 18.5 Å². The Morgan fingerprint density at radius 3 is 2.62 bits per heavy atom. The molecule has 0 bridgehead atoms. The van der Waals surface area contributed by atoms with Crippen molar-refractivity contribution in [1.82, 2.24) is 19.9 Å². The summed E-state index contributed by atoms with van der Waals surface area (Å²) in [7, 11) is 0. The molecule has 2 aromatic heterocycles. The summed E-state index contributed by atoms with van der Waals surface area (Å²) in [4.78, 5) is 15.8. The lowest BCUT2D eigenvalue weighted by Gasteiger charge is -2.32. The van der Waals surface area contributed by atoms with Gasteiger partial charge in [0.15, 0.2) is 0 Å². The Labute approximate surface area is 189 Å². The monoisotopic (exact) mass is 433 g/mol. The molecule has 1 aliphatic heterocycles. The van der Waals surface area contributed by atoms with Crippen LogP contribution in [-0.2, 0) is 13.2 Å². The third kappa shape index (κ3) is 5.60. The van der Waals surface area contributed by atoms with E-state index in [-0.39, 0.29) is 6.61 Å². The van der Waals surface area contributed by atoms with Gasteiger partial charge in [-0.15, -0.1) is 0 Å². The van der Waals surface area contributed by atoms with E-state index in [9.17, 15) is 5.11 Å². The number of nitrogens with zero attached hydrogens (tertiary/aromatic N) is 4. The molecule has 0 radical (unpaired) electrons. The van der Waals surface area contributed by atoms with Crippen molar-refractivity contribution < 1.29 is 9.84 Å². The minimum absolute atomic E-state index is 0.00529. The quantitative estimate of drug-likeness (QED) is 0.551. The number of benzene rings is 1. The van der Waals surface area contributed by atoms with Gasteiger partial charge in [0, 0.05) is 47.5 Å². The van der Waals surface area contributed by atoms with Gasteiger partial charge in [-0.3, -0.25) is 9.88 Å². The van der Waals surface area contributed by atoms with Crippen molar-refractivity contribution in [2.75, 3.05) is 25.0 Å². The fraction of sp³-hybridized carbons (Fsp3) is 0.400. The molecule has 0 atom stereocenters. The summed E-state index contributed by atoms with van der Waals surface area (Å²) < 4.78 is 5.60. The van der Waals surface area contributed by atoms with Crippen molar-refractivity contribution in [3.63, 3.8) is 0 Å². The smallest absolute Gasteiger partial charge is 0.227 e. The predicted molar refractivity (Wildman–Crippen MR) is 125 cm³/mol. The van der Waals surface area contributed by atoms with Crippen LogP contribution in [0.2, 0.25) is 0 Å². The fourth-order valence-corrected chi connectivity index (χ4v) is 4.26. The Kier molecular flexibility index (Phi) is 7.29. The Balaban J connectivity index is 1.37. The first-order chi connectivity index (χ1) is 15.6. The van der Waals surface area contributed by atoms with Crippen LogP contribution >= 0.6 is 0 Å². The maximum absolute atomic E-state index is 9.66. The van der Waals surface area contributed by atoms with Gasteiger partial charge in [-0.2, -0.15) is 0 Å². The van der Waals surface area contributed by atoms with Crippen molar-refractivity contribution in [2.45, 2.75) is 45.8 Å². The first kappa shape index (κ1) is 22.2. The lowest BCUT2D eigenvalue weighted by atomic mass is 9.92. The molecular formula is C25H31N5O2. The van der Waals surface area contributed by atoms with Gasteiger partial charge < -0.3 is 15.2 Å². The molecule has 7 heteroatoms. The topological polar surface area (TPSA) is 83.4 Å². The molecule has 0 aliphatic carbocycles. The molecule has 0 amide bonds. The van der Waals surface area contributed by atoms with Gasteiger partial charge in [-0.25, -0.2) is 9.97 Å². The van der Waals surface area contributed by atoms with E-state index in [1.807, 2.05) is 26.0 Å². The molecule has 2 N–H and O–H groups in total. The number of rotatable bonds is 8. The third-order valence-electron chi connectivity index (χ3n) is 5.80. The van der Waals surface area contributed by atoms with E-state index in [4.69, 9.17) is 9.72 Å². The van der Waals surface area contributed by atoms with E-state index < -0.39 is 0 Å². The van der Waals surface area contributed by atoms with Crippen LogP contribution in [0.15, 0.2) is 48.8 Å². The summed E-state index contributed by atoms with van der Waals surface area (Å²) in [6.07, 6.45) is 5.60. The van der Waals surface area contributed by atoms with Crippen LogP contribution in [0.3, 0.4) is 0 Å². The van der Waals surface area contributed by atoms with Crippen molar-refractivity contribution >= 4 is 11.6 Å². The van der Waals surface area contributed by atoms with Crippen LogP contribution in [0, 0.1) is 6.92 Å². The summed E-state index contributed by atoms with van der Waals surface area (Å²) in [5.74, 6) is 1.81. The van der Waals surface area contributed by atoms with E-state index in [0.717, 1.165) is 60.9 Å². The minimum atomic E-state index is -0.00529.